The molecule has 0 radical (unpaired) electrons. The summed E-state index contributed by atoms with van der Waals surface area (Å²) in [7, 11) is 1.85. The van der Waals surface area contributed by atoms with Crippen LogP contribution in [0.25, 0.3) is 0 Å². The lowest BCUT2D eigenvalue weighted by Gasteiger charge is -2.37. The molecule has 24 heavy (non-hydrogen) atoms. The molecule has 0 aliphatic carbocycles. The van der Waals surface area contributed by atoms with Gasteiger partial charge in [0.25, 0.3) is 0 Å². The Hall–Kier alpha value is 0.350. The summed E-state index contributed by atoms with van der Waals surface area (Å²) < 4.78 is 13.0. The number of halogens is 2. The Morgan fingerprint density at radius 1 is 1.38 bits per heavy atom. The normalized spacial score (nSPS) is 24.8. The van der Waals surface area contributed by atoms with Crippen molar-refractivity contribution < 1.29 is 9.47 Å². The Balaban J connectivity index is 0.00000208. The van der Waals surface area contributed by atoms with Crippen LogP contribution >= 0.6 is 57.9 Å². The van der Waals surface area contributed by atoms with E-state index >= 15 is 0 Å². The smallest absolute Gasteiger partial charge is 0.193 e. The number of ether oxygens (including phenoxy) is 2. The largest absolute Gasteiger partial charge is 0.375 e. The fourth-order valence-electron chi connectivity index (χ4n) is 3.10. The summed E-state index contributed by atoms with van der Waals surface area (Å²) >= 11 is 4.23. The number of nitrogens with one attached hydrogen (secondary N) is 1. The standard InChI is InChI=1S/C16H24IN3O2S.HI/c1-18-16(19-7-6-12-4-5-15(17)23-12)20-8-10-22-14(11-20)13-3-2-9-21-13;/h4-5,13-14H,2-3,6-11H2,1H3,(H,18,19);1H. The Labute approximate surface area is 178 Å². The maximum atomic E-state index is 5.91. The average Bonchev–Trinajstić information content (AvgIpc) is 3.23. The summed E-state index contributed by atoms with van der Waals surface area (Å²) in [5, 5.41) is 3.49. The highest BCUT2D eigenvalue weighted by Crippen LogP contribution is 2.21. The molecular formula is C16H25I2N3O2S. The Morgan fingerprint density at radius 2 is 2.21 bits per heavy atom. The van der Waals surface area contributed by atoms with Crippen molar-refractivity contribution in [3.8, 4) is 0 Å². The molecule has 2 fully saturated rings. The van der Waals surface area contributed by atoms with Gasteiger partial charge in [0.05, 0.1) is 15.6 Å². The number of hydrogen-bond acceptors (Lipinski definition) is 4. The summed E-state index contributed by atoms with van der Waals surface area (Å²) in [4.78, 5) is 8.16. The van der Waals surface area contributed by atoms with Gasteiger partial charge in [-0.15, -0.1) is 35.3 Å². The van der Waals surface area contributed by atoms with Gasteiger partial charge in [0.15, 0.2) is 5.96 Å². The van der Waals surface area contributed by atoms with Crippen LogP contribution < -0.4 is 5.32 Å². The van der Waals surface area contributed by atoms with Crippen molar-refractivity contribution in [2.45, 2.75) is 31.5 Å². The third kappa shape index (κ3) is 5.68. The van der Waals surface area contributed by atoms with E-state index in [2.05, 4.69) is 49.9 Å². The van der Waals surface area contributed by atoms with Gasteiger partial charge in [0.2, 0.25) is 0 Å². The van der Waals surface area contributed by atoms with Crippen molar-refractivity contribution >= 4 is 63.9 Å². The lowest BCUT2D eigenvalue weighted by Crippen LogP contribution is -2.53. The minimum absolute atomic E-state index is 0. The Morgan fingerprint density at radius 3 is 2.88 bits per heavy atom. The highest BCUT2D eigenvalue weighted by Gasteiger charge is 2.32. The van der Waals surface area contributed by atoms with Gasteiger partial charge in [-0.2, -0.15) is 0 Å². The highest BCUT2D eigenvalue weighted by molar-refractivity contribution is 14.1. The summed E-state index contributed by atoms with van der Waals surface area (Å²) in [5.74, 6) is 0.975. The number of thiophene rings is 1. The molecule has 8 heteroatoms. The van der Waals surface area contributed by atoms with Crippen molar-refractivity contribution in [3.63, 3.8) is 0 Å². The second-order valence-electron chi connectivity index (χ2n) is 5.84. The molecule has 0 spiro atoms. The highest BCUT2D eigenvalue weighted by atomic mass is 127. The zero-order chi connectivity index (χ0) is 16.1. The number of morpholine rings is 1. The molecule has 3 rings (SSSR count). The van der Waals surface area contributed by atoms with E-state index in [1.54, 1.807) is 0 Å². The first-order valence-corrected chi connectivity index (χ1v) is 10.1. The van der Waals surface area contributed by atoms with Crippen LogP contribution in [0, 0.1) is 2.88 Å². The van der Waals surface area contributed by atoms with E-state index in [0.717, 1.165) is 58.1 Å². The maximum Gasteiger partial charge on any atom is 0.193 e. The van der Waals surface area contributed by atoms with Gasteiger partial charge in [-0.05, 0) is 54.0 Å². The van der Waals surface area contributed by atoms with Crippen LogP contribution in [0.2, 0.25) is 0 Å². The fraction of sp³-hybridized carbons (Fsp3) is 0.688. The van der Waals surface area contributed by atoms with E-state index in [0.29, 0.717) is 0 Å². The molecule has 2 unspecified atom stereocenters. The maximum absolute atomic E-state index is 5.91. The van der Waals surface area contributed by atoms with Gasteiger partial charge < -0.3 is 19.7 Å². The van der Waals surface area contributed by atoms with Crippen LogP contribution in [-0.2, 0) is 15.9 Å². The van der Waals surface area contributed by atoms with E-state index in [9.17, 15) is 0 Å². The fourth-order valence-corrected chi connectivity index (χ4v) is 4.86. The van der Waals surface area contributed by atoms with Crippen LogP contribution in [0.15, 0.2) is 17.1 Å². The van der Waals surface area contributed by atoms with Crippen LogP contribution in [0.1, 0.15) is 17.7 Å². The third-order valence-corrected chi connectivity index (χ3v) is 6.22. The molecule has 2 saturated heterocycles. The number of hydrogen-bond donors (Lipinski definition) is 1. The molecule has 136 valence electrons. The molecule has 1 aromatic heterocycles. The van der Waals surface area contributed by atoms with Crippen molar-refractivity contribution in [1.82, 2.24) is 10.2 Å². The number of aliphatic imine (C=N–C) groups is 1. The van der Waals surface area contributed by atoms with E-state index in [1.807, 2.05) is 18.4 Å². The van der Waals surface area contributed by atoms with Crippen molar-refractivity contribution in [3.05, 3.63) is 19.9 Å². The van der Waals surface area contributed by atoms with E-state index in [-0.39, 0.29) is 36.2 Å². The van der Waals surface area contributed by atoms with Crippen molar-refractivity contribution in [2.24, 2.45) is 4.99 Å². The lowest BCUT2D eigenvalue weighted by molar-refractivity contribution is -0.0816. The second-order valence-corrected chi connectivity index (χ2v) is 8.90. The molecular weight excluding hydrogens is 552 g/mol. The van der Waals surface area contributed by atoms with Crippen molar-refractivity contribution in [2.75, 3.05) is 39.9 Å². The average molecular weight is 577 g/mol. The van der Waals surface area contributed by atoms with E-state index in [4.69, 9.17) is 9.47 Å². The van der Waals surface area contributed by atoms with Crippen LogP contribution in [0.3, 0.4) is 0 Å². The third-order valence-electron chi connectivity index (χ3n) is 4.27. The van der Waals surface area contributed by atoms with Crippen LogP contribution in [0.4, 0.5) is 0 Å². The van der Waals surface area contributed by atoms with Crippen LogP contribution in [-0.4, -0.2) is 63.0 Å². The lowest BCUT2D eigenvalue weighted by atomic mass is 10.1. The number of rotatable bonds is 4. The molecule has 0 aromatic carbocycles. The minimum Gasteiger partial charge on any atom is -0.375 e. The van der Waals surface area contributed by atoms with E-state index in [1.165, 1.54) is 7.76 Å². The number of nitrogens with zero attached hydrogens (tertiary/aromatic N) is 2. The molecule has 2 aliphatic rings. The van der Waals surface area contributed by atoms with Gasteiger partial charge in [-0.1, -0.05) is 0 Å². The molecule has 1 N–H and O–H groups in total. The van der Waals surface area contributed by atoms with Gasteiger partial charge in [0.1, 0.15) is 6.10 Å². The first-order valence-electron chi connectivity index (χ1n) is 8.19. The Bertz CT molecular complexity index is 535. The predicted octanol–water partition coefficient (Wildman–Crippen LogP) is 2.97. The summed E-state index contributed by atoms with van der Waals surface area (Å²) in [6, 6.07) is 4.38. The topological polar surface area (TPSA) is 46.1 Å². The molecule has 0 amide bonds. The molecule has 0 saturated carbocycles. The quantitative estimate of drug-likeness (QED) is 0.340. The monoisotopic (exact) mass is 577 g/mol. The zero-order valence-electron chi connectivity index (χ0n) is 13.9. The molecule has 5 nitrogen and oxygen atoms in total. The number of guanidine groups is 1. The molecule has 3 heterocycles. The van der Waals surface area contributed by atoms with Gasteiger partial charge in [-0.25, -0.2) is 0 Å². The Kier molecular flexibility index (Phi) is 9.03. The molecule has 1 aromatic rings. The van der Waals surface area contributed by atoms with E-state index < -0.39 is 0 Å². The van der Waals surface area contributed by atoms with Gasteiger partial charge >= 0.3 is 0 Å². The van der Waals surface area contributed by atoms with Crippen LogP contribution in [0.5, 0.6) is 0 Å². The SMILES string of the molecule is CN=C(NCCc1ccc(I)s1)N1CCOC(C2CCCO2)C1.I. The summed E-state index contributed by atoms with van der Waals surface area (Å²) in [6.07, 6.45) is 3.72. The summed E-state index contributed by atoms with van der Waals surface area (Å²) in [6.45, 7) is 4.28. The van der Waals surface area contributed by atoms with Gasteiger partial charge in [0, 0.05) is 38.2 Å². The second kappa shape index (κ2) is 10.5. The summed E-state index contributed by atoms with van der Waals surface area (Å²) in [5.41, 5.74) is 0. The first-order chi connectivity index (χ1) is 11.3. The van der Waals surface area contributed by atoms with Gasteiger partial charge in [-0.3, -0.25) is 4.99 Å². The predicted molar refractivity (Wildman–Crippen MR) is 118 cm³/mol. The first kappa shape index (κ1) is 20.7. The molecule has 0 bridgehead atoms. The molecule has 2 aliphatic heterocycles. The minimum atomic E-state index is 0. The van der Waals surface area contributed by atoms with Crippen molar-refractivity contribution in [1.29, 1.82) is 0 Å². The molecule has 2 atom stereocenters. The zero-order valence-corrected chi connectivity index (χ0v) is 19.2.